The lowest BCUT2D eigenvalue weighted by atomic mass is 9.76. The van der Waals surface area contributed by atoms with Crippen LogP contribution in [0.1, 0.15) is 69.9 Å². The predicted molar refractivity (Wildman–Crippen MR) is 117 cm³/mol. The Hall–Kier alpha value is -2.20. The number of ether oxygens (including phenoxy) is 2. The maximum absolute atomic E-state index is 12.7. The third-order valence-corrected chi connectivity index (χ3v) is 5.30. The molecule has 158 valence electrons. The molecular weight excluding hydrogens is 362 g/mol. The summed E-state index contributed by atoms with van der Waals surface area (Å²) in [6.07, 6.45) is 6.30. The number of rotatable bonds is 12. The van der Waals surface area contributed by atoms with Gasteiger partial charge in [-0.15, -0.1) is 0 Å². The monoisotopic (exact) mass is 397 g/mol. The van der Waals surface area contributed by atoms with Crippen LogP contribution < -0.4 is 0 Å². The van der Waals surface area contributed by atoms with Crippen LogP contribution in [0.5, 0.6) is 0 Å². The molecule has 0 spiro atoms. The Labute approximate surface area is 175 Å². The molecule has 0 N–H and O–H groups in total. The van der Waals surface area contributed by atoms with Crippen LogP contribution in [-0.2, 0) is 14.3 Å². The fraction of sp³-hybridized carbons (Fsp3) is 0.520. The van der Waals surface area contributed by atoms with Crippen molar-refractivity contribution in [2.75, 3.05) is 19.8 Å². The van der Waals surface area contributed by atoms with Crippen molar-refractivity contribution in [2.45, 2.75) is 58.8 Å². The molecule has 2 aromatic rings. The topological polar surface area (TPSA) is 48.4 Å². The predicted octanol–water partition coefficient (Wildman–Crippen LogP) is 5.75. The van der Waals surface area contributed by atoms with Crippen LogP contribution in [0.15, 0.2) is 54.9 Å². The highest BCUT2D eigenvalue weighted by Gasteiger charge is 2.33. The van der Waals surface area contributed by atoms with Gasteiger partial charge in [0.05, 0.1) is 12.0 Å². The Morgan fingerprint density at radius 3 is 2.34 bits per heavy atom. The minimum absolute atomic E-state index is 0.163. The van der Waals surface area contributed by atoms with E-state index in [9.17, 15) is 4.79 Å². The summed E-state index contributed by atoms with van der Waals surface area (Å²) in [5.74, 6) is 0.472. The van der Waals surface area contributed by atoms with Gasteiger partial charge in [0.1, 0.15) is 6.61 Å². The molecule has 4 heteroatoms. The normalized spacial score (nSPS) is 13.7. The van der Waals surface area contributed by atoms with E-state index in [0.717, 1.165) is 19.3 Å². The lowest BCUT2D eigenvalue weighted by Gasteiger charge is -2.30. The zero-order chi connectivity index (χ0) is 21.1. The van der Waals surface area contributed by atoms with Gasteiger partial charge in [0, 0.05) is 19.0 Å². The van der Waals surface area contributed by atoms with E-state index in [1.54, 1.807) is 0 Å². The summed E-state index contributed by atoms with van der Waals surface area (Å²) in [5.41, 5.74) is 1.96. The molecule has 0 fully saturated rings. The zero-order valence-electron chi connectivity index (χ0n) is 18.3. The highest BCUT2D eigenvalue weighted by molar-refractivity contribution is 5.76. The Morgan fingerprint density at radius 2 is 1.69 bits per heavy atom. The Kier molecular flexibility index (Phi) is 9.33. The molecule has 1 aromatic heterocycles. The molecular formula is C25H35NO3. The summed E-state index contributed by atoms with van der Waals surface area (Å²) in [7, 11) is 0. The van der Waals surface area contributed by atoms with Gasteiger partial charge >= 0.3 is 5.97 Å². The number of nitrogens with zero attached hydrogens (tertiary/aromatic N) is 1. The number of pyridine rings is 1. The fourth-order valence-corrected chi connectivity index (χ4v) is 3.65. The van der Waals surface area contributed by atoms with E-state index in [1.807, 2.05) is 32.3 Å². The second-order valence-corrected chi connectivity index (χ2v) is 8.36. The summed E-state index contributed by atoms with van der Waals surface area (Å²) >= 11 is 0. The molecule has 2 rings (SSSR count). The van der Waals surface area contributed by atoms with Crippen LogP contribution in [0.3, 0.4) is 0 Å². The molecule has 0 saturated carbocycles. The first-order valence-electron chi connectivity index (χ1n) is 10.6. The molecule has 1 aromatic carbocycles. The maximum Gasteiger partial charge on any atom is 0.311 e. The molecule has 2 unspecified atom stereocenters. The van der Waals surface area contributed by atoms with Crippen molar-refractivity contribution in [2.24, 2.45) is 5.41 Å². The van der Waals surface area contributed by atoms with E-state index in [4.69, 9.17) is 9.47 Å². The molecule has 2 atom stereocenters. The molecule has 0 aliphatic rings. The first-order chi connectivity index (χ1) is 13.9. The van der Waals surface area contributed by atoms with Crippen LogP contribution in [0, 0.1) is 5.41 Å². The number of aromatic nitrogens is 1. The van der Waals surface area contributed by atoms with Gasteiger partial charge in [0.25, 0.3) is 0 Å². The van der Waals surface area contributed by atoms with Gasteiger partial charge in [0.15, 0.2) is 0 Å². The van der Waals surface area contributed by atoms with E-state index < -0.39 is 5.41 Å². The number of carbonyl (C=O) groups is 1. The van der Waals surface area contributed by atoms with Crippen molar-refractivity contribution in [3.63, 3.8) is 0 Å². The van der Waals surface area contributed by atoms with Crippen molar-refractivity contribution in [3.05, 3.63) is 66.0 Å². The van der Waals surface area contributed by atoms with Gasteiger partial charge in [-0.2, -0.15) is 0 Å². The molecule has 0 radical (unpaired) electrons. The molecule has 29 heavy (non-hydrogen) atoms. The maximum atomic E-state index is 12.7. The van der Waals surface area contributed by atoms with Crippen molar-refractivity contribution >= 4 is 5.97 Å². The van der Waals surface area contributed by atoms with Gasteiger partial charge in [-0.1, -0.05) is 44.2 Å². The summed E-state index contributed by atoms with van der Waals surface area (Å²) in [6.45, 7) is 9.72. The number of carbonyl (C=O) groups excluding carboxylic acids is 1. The minimum atomic E-state index is -0.574. The Morgan fingerprint density at radius 1 is 1.00 bits per heavy atom. The molecule has 0 amide bonds. The number of benzene rings is 1. The molecule has 0 bridgehead atoms. The van der Waals surface area contributed by atoms with Gasteiger partial charge in [-0.05, 0) is 68.2 Å². The largest absolute Gasteiger partial charge is 0.463 e. The first kappa shape index (κ1) is 23.1. The van der Waals surface area contributed by atoms with Crippen LogP contribution in [0.4, 0.5) is 0 Å². The van der Waals surface area contributed by atoms with E-state index in [0.29, 0.717) is 25.7 Å². The summed E-state index contributed by atoms with van der Waals surface area (Å²) in [5, 5.41) is 0. The average molecular weight is 398 g/mol. The smallest absolute Gasteiger partial charge is 0.311 e. The van der Waals surface area contributed by atoms with Crippen LogP contribution in [-0.4, -0.2) is 30.8 Å². The van der Waals surface area contributed by atoms with Crippen molar-refractivity contribution in [3.8, 4) is 0 Å². The van der Waals surface area contributed by atoms with E-state index >= 15 is 0 Å². The van der Waals surface area contributed by atoms with Crippen molar-refractivity contribution in [1.29, 1.82) is 0 Å². The molecule has 0 aliphatic carbocycles. The summed E-state index contributed by atoms with van der Waals surface area (Å²) in [4.78, 5) is 16.9. The summed E-state index contributed by atoms with van der Waals surface area (Å²) < 4.78 is 10.9. The van der Waals surface area contributed by atoms with Gasteiger partial charge in [-0.3, -0.25) is 9.78 Å². The van der Waals surface area contributed by atoms with Gasteiger partial charge in [0.2, 0.25) is 0 Å². The minimum Gasteiger partial charge on any atom is -0.463 e. The number of hydrogen-bond donors (Lipinski definition) is 0. The summed E-state index contributed by atoms with van der Waals surface area (Å²) in [6, 6.07) is 14.7. The van der Waals surface area contributed by atoms with Crippen LogP contribution in [0.2, 0.25) is 0 Å². The highest BCUT2D eigenvalue weighted by atomic mass is 16.6. The fourth-order valence-electron chi connectivity index (χ4n) is 3.65. The first-order valence-corrected chi connectivity index (χ1v) is 10.6. The molecule has 4 nitrogen and oxygen atoms in total. The standard InChI is InChI=1S/C25H35NO3/c1-5-15-28-16-17-29-24(27)25(3,4)19-23(22-11-13-26-14-12-22)18-20(2)21-9-7-6-8-10-21/h6-14,20,23H,5,15-19H2,1-4H3. The van der Waals surface area contributed by atoms with Crippen LogP contribution >= 0.6 is 0 Å². The lowest BCUT2D eigenvalue weighted by molar-refractivity contribution is -0.156. The van der Waals surface area contributed by atoms with E-state index in [-0.39, 0.29) is 11.9 Å². The van der Waals surface area contributed by atoms with E-state index in [2.05, 4.69) is 55.2 Å². The second-order valence-electron chi connectivity index (χ2n) is 8.36. The quantitative estimate of drug-likeness (QED) is 0.338. The molecule has 0 aliphatic heterocycles. The number of esters is 1. The van der Waals surface area contributed by atoms with Crippen molar-refractivity contribution < 1.29 is 14.3 Å². The lowest BCUT2D eigenvalue weighted by Crippen LogP contribution is -2.30. The highest BCUT2D eigenvalue weighted by Crippen LogP contribution is 2.38. The van der Waals surface area contributed by atoms with Gasteiger partial charge in [-0.25, -0.2) is 0 Å². The molecule has 0 saturated heterocycles. The van der Waals surface area contributed by atoms with Crippen molar-refractivity contribution in [1.82, 2.24) is 4.98 Å². The second kappa shape index (κ2) is 11.7. The van der Waals surface area contributed by atoms with Gasteiger partial charge < -0.3 is 9.47 Å². The third kappa shape index (κ3) is 7.62. The Balaban J connectivity index is 2.05. The molecule has 1 heterocycles. The SMILES string of the molecule is CCCOCCOC(=O)C(C)(C)CC(CC(C)c1ccccc1)c1ccncc1. The third-order valence-electron chi connectivity index (χ3n) is 5.30. The average Bonchev–Trinajstić information content (AvgIpc) is 2.74. The number of hydrogen-bond acceptors (Lipinski definition) is 4. The Bertz CT molecular complexity index is 715. The van der Waals surface area contributed by atoms with Crippen LogP contribution in [0.25, 0.3) is 0 Å². The zero-order valence-corrected chi connectivity index (χ0v) is 18.3. The van der Waals surface area contributed by atoms with E-state index in [1.165, 1.54) is 11.1 Å².